The summed E-state index contributed by atoms with van der Waals surface area (Å²) in [7, 11) is -2.49. The Kier molecular flexibility index (Phi) is 5.85. The van der Waals surface area contributed by atoms with Crippen molar-refractivity contribution < 1.29 is 17.9 Å². The number of hydrogen-bond acceptors (Lipinski definition) is 4. The molecule has 0 saturated heterocycles. The predicted octanol–water partition coefficient (Wildman–Crippen LogP) is 4.59. The first-order chi connectivity index (χ1) is 11.2. The number of methoxy groups -OCH3 is 1. The first kappa shape index (κ1) is 18.7. The lowest BCUT2D eigenvalue weighted by molar-refractivity contribution is 0.242. The Bertz CT molecular complexity index is 838. The molecule has 0 aliphatic rings. The second-order valence-corrected chi connectivity index (χ2v) is 7.60. The van der Waals surface area contributed by atoms with E-state index >= 15 is 0 Å². The Morgan fingerprint density at radius 3 is 2.42 bits per heavy atom. The van der Waals surface area contributed by atoms with Crippen LogP contribution in [0.2, 0.25) is 10.0 Å². The van der Waals surface area contributed by atoms with Gasteiger partial charge in [-0.1, -0.05) is 29.3 Å². The molecule has 0 aromatic heterocycles. The zero-order valence-electron chi connectivity index (χ0n) is 13.3. The predicted molar refractivity (Wildman–Crippen MR) is 96.0 cm³/mol. The molecule has 0 aliphatic heterocycles. The first-order valence-corrected chi connectivity index (χ1v) is 9.30. The average Bonchev–Trinajstić information content (AvgIpc) is 2.49. The van der Waals surface area contributed by atoms with Crippen molar-refractivity contribution in [3.8, 4) is 11.5 Å². The summed E-state index contributed by atoms with van der Waals surface area (Å²) in [5.74, 6) is 0.858. The molecule has 0 aliphatic carbocycles. The molecule has 1 N–H and O–H groups in total. The molecule has 0 fully saturated rings. The third kappa shape index (κ3) is 4.26. The van der Waals surface area contributed by atoms with Crippen LogP contribution in [0.5, 0.6) is 11.5 Å². The quantitative estimate of drug-likeness (QED) is 0.784. The van der Waals surface area contributed by atoms with Crippen molar-refractivity contribution in [1.29, 1.82) is 0 Å². The molecule has 0 heterocycles. The lowest BCUT2D eigenvalue weighted by Gasteiger charge is -2.14. The Labute approximate surface area is 151 Å². The topological polar surface area (TPSA) is 64.6 Å². The highest BCUT2D eigenvalue weighted by atomic mass is 35.5. The Balaban J connectivity index is 2.34. The zero-order chi connectivity index (χ0) is 17.9. The van der Waals surface area contributed by atoms with Crippen molar-refractivity contribution >= 4 is 38.9 Å². The Morgan fingerprint density at radius 1 is 1.08 bits per heavy atom. The minimum Gasteiger partial charge on any atom is -0.495 e. The molecule has 0 bridgehead atoms. The van der Waals surface area contributed by atoms with Gasteiger partial charge in [0.15, 0.2) is 0 Å². The molecular weight excluding hydrogens is 373 g/mol. The number of benzene rings is 2. The molecule has 130 valence electrons. The van der Waals surface area contributed by atoms with Gasteiger partial charge in [0.05, 0.1) is 23.9 Å². The standard InChI is InChI=1S/C16H17Cl2NO4S/c1-10(2)23-12-6-4-5-11(9-12)19-24(20,21)14-8-7-13(22-3)15(17)16(14)18/h4-10,19H,1-3H3. The highest BCUT2D eigenvalue weighted by molar-refractivity contribution is 7.92. The molecule has 0 amide bonds. The highest BCUT2D eigenvalue weighted by Gasteiger charge is 2.22. The van der Waals surface area contributed by atoms with Gasteiger partial charge in [0, 0.05) is 6.07 Å². The maximum absolute atomic E-state index is 12.6. The SMILES string of the molecule is COc1ccc(S(=O)(=O)Nc2cccc(OC(C)C)c2)c(Cl)c1Cl. The Hall–Kier alpha value is -1.63. The summed E-state index contributed by atoms with van der Waals surface area (Å²) in [6.45, 7) is 3.77. The monoisotopic (exact) mass is 389 g/mol. The van der Waals surface area contributed by atoms with Crippen LogP contribution in [0, 0.1) is 0 Å². The lowest BCUT2D eigenvalue weighted by atomic mass is 10.3. The number of nitrogens with one attached hydrogen (secondary N) is 1. The van der Waals surface area contributed by atoms with Crippen LogP contribution in [0.1, 0.15) is 13.8 Å². The molecule has 2 rings (SSSR count). The lowest BCUT2D eigenvalue weighted by Crippen LogP contribution is -2.14. The van der Waals surface area contributed by atoms with Crippen LogP contribution in [0.3, 0.4) is 0 Å². The van der Waals surface area contributed by atoms with Gasteiger partial charge in [-0.2, -0.15) is 0 Å². The van der Waals surface area contributed by atoms with Gasteiger partial charge >= 0.3 is 0 Å². The van der Waals surface area contributed by atoms with Gasteiger partial charge < -0.3 is 9.47 Å². The van der Waals surface area contributed by atoms with Crippen molar-refractivity contribution in [3.63, 3.8) is 0 Å². The molecule has 0 atom stereocenters. The van der Waals surface area contributed by atoms with Crippen LogP contribution in [0.15, 0.2) is 41.3 Å². The van der Waals surface area contributed by atoms with E-state index in [1.807, 2.05) is 13.8 Å². The van der Waals surface area contributed by atoms with E-state index in [-0.39, 0.29) is 21.0 Å². The van der Waals surface area contributed by atoms with Crippen molar-refractivity contribution in [2.45, 2.75) is 24.8 Å². The van der Waals surface area contributed by atoms with Gasteiger partial charge in [-0.15, -0.1) is 0 Å². The molecule has 8 heteroatoms. The van der Waals surface area contributed by atoms with Gasteiger partial charge in [0.25, 0.3) is 10.0 Å². The van der Waals surface area contributed by atoms with E-state index in [4.69, 9.17) is 32.7 Å². The third-order valence-electron chi connectivity index (χ3n) is 2.98. The third-order valence-corrected chi connectivity index (χ3v) is 5.38. The van der Waals surface area contributed by atoms with Crippen molar-refractivity contribution in [3.05, 3.63) is 46.4 Å². The second kappa shape index (κ2) is 7.51. The summed E-state index contributed by atoms with van der Waals surface area (Å²) in [5, 5.41) is -0.0583. The highest BCUT2D eigenvalue weighted by Crippen LogP contribution is 2.37. The van der Waals surface area contributed by atoms with Crippen LogP contribution < -0.4 is 14.2 Å². The largest absolute Gasteiger partial charge is 0.495 e. The van der Waals surface area contributed by atoms with E-state index in [1.165, 1.54) is 19.2 Å². The molecule has 24 heavy (non-hydrogen) atoms. The van der Waals surface area contributed by atoms with E-state index in [2.05, 4.69) is 4.72 Å². The first-order valence-electron chi connectivity index (χ1n) is 7.06. The van der Waals surface area contributed by atoms with E-state index in [0.29, 0.717) is 17.2 Å². The smallest absolute Gasteiger partial charge is 0.263 e. The summed E-state index contributed by atoms with van der Waals surface area (Å²) in [4.78, 5) is -0.134. The molecule has 5 nitrogen and oxygen atoms in total. The van der Waals surface area contributed by atoms with E-state index in [1.54, 1.807) is 24.3 Å². The van der Waals surface area contributed by atoms with Crippen molar-refractivity contribution in [1.82, 2.24) is 0 Å². The fraction of sp³-hybridized carbons (Fsp3) is 0.250. The number of halogens is 2. The van der Waals surface area contributed by atoms with Crippen LogP contribution in [-0.2, 0) is 10.0 Å². The Morgan fingerprint density at radius 2 is 1.79 bits per heavy atom. The second-order valence-electron chi connectivity index (χ2n) is 5.19. The minimum atomic E-state index is -3.91. The summed E-state index contributed by atoms with van der Waals surface area (Å²) in [5.41, 5.74) is 0.358. The van der Waals surface area contributed by atoms with Crippen LogP contribution in [-0.4, -0.2) is 21.6 Å². The average molecular weight is 390 g/mol. The minimum absolute atomic E-state index is 0.0216. The fourth-order valence-corrected chi connectivity index (χ4v) is 3.89. The molecule has 0 spiro atoms. The maximum Gasteiger partial charge on any atom is 0.263 e. The summed E-state index contributed by atoms with van der Waals surface area (Å²) in [6, 6.07) is 9.43. The summed E-state index contributed by atoms with van der Waals surface area (Å²) >= 11 is 12.1. The van der Waals surface area contributed by atoms with Gasteiger partial charge in [0.2, 0.25) is 0 Å². The normalized spacial score (nSPS) is 11.4. The van der Waals surface area contributed by atoms with Crippen molar-refractivity contribution in [2.75, 3.05) is 11.8 Å². The fourth-order valence-electron chi connectivity index (χ4n) is 1.99. The molecule has 0 radical (unpaired) electrons. The number of sulfonamides is 1. The summed E-state index contributed by atoms with van der Waals surface area (Å²) < 4.78 is 38.2. The van der Waals surface area contributed by atoms with Crippen molar-refractivity contribution in [2.24, 2.45) is 0 Å². The van der Waals surface area contributed by atoms with Gasteiger partial charge in [-0.25, -0.2) is 8.42 Å². The van der Waals surface area contributed by atoms with E-state index in [0.717, 1.165) is 0 Å². The molecular formula is C16H17Cl2NO4S. The number of rotatable bonds is 6. The number of hydrogen-bond donors (Lipinski definition) is 1. The molecule has 0 unspecified atom stereocenters. The number of anilines is 1. The molecule has 2 aromatic rings. The molecule has 2 aromatic carbocycles. The summed E-state index contributed by atoms with van der Waals surface area (Å²) in [6.07, 6.45) is -0.0216. The zero-order valence-corrected chi connectivity index (χ0v) is 15.7. The van der Waals surface area contributed by atoms with E-state index < -0.39 is 10.0 Å². The molecule has 0 saturated carbocycles. The number of ether oxygens (including phenoxy) is 2. The van der Waals surface area contributed by atoms with Gasteiger partial charge in [-0.05, 0) is 38.1 Å². The van der Waals surface area contributed by atoms with E-state index in [9.17, 15) is 8.42 Å². The van der Waals surface area contributed by atoms with Gasteiger partial charge in [-0.3, -0.25) is 4.72 Å². The van der Waals surface area contributed by atoms with Gasteiger partial charge in [0.1, 0.15) is 21.4 Å². The van der Waals surface area contributed by atoms with Crippen LogP contribution in [0.25, 0.3) is 0 Å². The van der Waals surface area contributed by atoms with Crippen LogP contribution in [0.4, 0.5) is 5.69 Å². The maximum atomic E-state index is 12.6. The van der Waals surface area contributed by atoms with Crippen LogP contribution >= 0.6 is 23.2 Å².